The normalized spacial score (nSPS) is 13.1. The number of amides is 3. The van der Waals surface area contributed by atoms with E-state index >= 15 is 0 Å². The first-order valence-corrected chi connectivity index (χ1v) is 12.8. The van der Waals surface area contributed by atoms with E-state index in [0.717, 1.165) is 25.7 Å². The van der Waals surface area contributed by atoms with Gasteiger partial charge in [0.1, 0.15) is 23.4 Å². The number of hydrogen-bond donors (Lipinski definition) is 3. The minimum absolute atomic E-state index is 0.0586. The number of para-hydroxylation sites is 1. The molecule has 0 aromatic heterocycles. The topological polar surface area (TPSA) is 108 Å². The van der Waals surface area contributed by atoms with Crippen molar-refractivity contribution in [2.24, 2.45) is 5.92 Å². The van der Waals surface area contributed by atoms with Crippen LogP contribution in [0.2, 0.25) is 0 Å². The van der Waals surface area contributed by atoms with Crippen LogP contribution in [0.5, 0.6) is 5.75 Å². The van der Waals surface area contributed by atoms with Gasteiger partial charge >= 0.3 is 6.09 Å². The summed E-state index contributed by atoms with van der Waals surface area (Å²) in [5.74, 6) is -1.06. The summed E-state index contributed by atoms with van der Waals surface area (Å²) in [4.78, 5) is 41.3. The maximum absolute atomic E-state index is 13.9. The van der Waals surface area contributed by atoms with Crippen molar-refractivity contribution in [3.8, 4) is 5.75 Å². The van der Waals surface area contributed by atoms with E-state index in [9.17, 15) is 19.5 Å². The number of hydrogen-bond acceptors (Lipinski definition) is 5. The average Bonchev–Trinajstić information content (AvgIpc) is 2.76. The van der Waals surface area contributed by atoms with Gasteiger partial charge < -0.3 is 25.4 Å². The van der Waals surface area contributed by atoms with Crippen molar-refractivity contribution in [1.29, 1.82) is 0 Å². The molecule has 35 heavy (non-hydrogen) atoms. The van der Waals surface area contributed by atoms with Crippen LogP contribution in [0.3, 0.4) is 0 Å². The van der Waals surface area contributed by atoms with Crippen molar-refractivity contribution in [3.63, 3.8) is 0 Å². The Balaban J connectivity index is 3.38. The molecular formula is C27H45N3O5. The third-order valence-corrected chi connectivity index (χ3v) is 5.51. The van der Waals surface area contributed by atoms with Gasteiger partial charge in [-0.05, 0) is 45.6 Å². The molecule has 0 bridgehead atoms. The Bertz CT molecular complexity index is 819. The Hall–Kier alpha value is -2.77. The zero-order valence-corrected chi connectivity index (χ0v) is 22.5. The third-order valence-electron chi connectivity index (χ3n) is 5.51. The number of carbonyl (C=O) groups is 3. The predicted octanol–water partition coefficient (Wildman–Crippen LogP) is 4.92. The number of nitrogens with zero attached hydrogens (tertiary/aromatic N) is 1. The van der Waals surface area contributed by atoms with Crippen LogP contribution < -0.4 is 10.6 Å². The number of phenolic OH excluding ortho intramolecular Hbond substituents is 1. The highest BCUT2D eigenvalue weighted by molar-refractivity contribution is 5.92. The number of unbranched alkanes of at least 4 members (excludes halogenated alkanes) is 3. The first-order chi connectivity index (χ1) is 16.4. The summed E-state index contributed by atoms with van der Waals surface area (Å²) in [5, 5.41) is 16.3. The Morgan fingerprint density at radius 3 is 2.20 bits per heavy atom. The molecule has 0 aliphatic rings. The molecule has 0 spiro atoms. The Kier molecular flexibility index (Phi) is 12.6. The van der Waals surface area contributed by atoms with Gasteiger partial charge in [0.25, 0.3) is 0 Å². The fraction of sp³-hybridized carbons (Fsp3) is 0.667. The molecule has 3 N–H and O–H groups in total. The number of rotatable bonds is 13. The highest BCUT2D eigenvalue weighted by atomic mass is 16.6. The van der Waals surface area contributed by atoms with Gasteiger partial charge in [-0.2, -0.15) is 0 Å². The van der Waals surface area contributed by atoms with Crippen molar-refractivity contribution in [3.05, 3.63) is 29.8 Å². The van der Waals surface area contributed by atoms with Crippen LogP contribution in [0.25, 0.3) is 0 Å². The molecule has 1 rings (SSSR count). The number of benzene rings is 1. The fourth-order valence-corrected chi connectivity index (χ4v) is 3.67. The lowest BCUT2D eigenvalue weighted by molar-refractivity contribution is -0.143. The lowest BCUT2D eigenvalue weighted by atomic mass is 9.98. The summed E-state index contributed by atoms with van der Waals surface area (Å²) >= 11 is 0. The molecule has 2 unspecified atom stereocenters. The quantitative estimate of drug-likeness (QED) is 0.340. The smallest absolute Gasteiger partial charge is 0.408 e. The molecule has 3 amide bonds. The second kappa shape index (κ2) is 14.6. The van der Waals surface area contributed by atoms with Gasteiger partial charge in [0.05, 0.1) is 0 Å². The van der Waals surface area contributed by atoms with Crippen molar-refractivity contribution in [2.45, 2.75) is 98.3 Å². The monoisotopic (exact) mass is 491 g/mol. The summed E-state index contributed by atoms with van der Waals surface area (Å²) in [6, 6.07) is 4.64. The van der Waals surface area contributed by atoms with Crippen molar-refractivity contribution in [2.75, 3.05) is 13.1 Å². The molecule has 0 saturated heterocycles. The Morgan fingerprint density at radius 1 is 1.03 bits per heavy atom. The number of alkyl carbamates (subject to hydrolysis) is 1. The summed E-state index contributed by atoms with van der Waals surface area (Å²) < 4.78 is 5.38. The van der Waals surface area contributed by atoms with Crippen LogP contribution in [0.15, 0.2) is 24.3 Å². The Labute approximate surface area is 210 Å². The standard InChI is InChI=1S/C27H45N3O5/c1-8-10-14-17-28-24(32)23(20-15-12-13-16-21(20)31)30(18-11-9-2)25(33)22(19(3)4)29-26(34)35-27(5,6)7/h12-13,15-16,19,22-23,31H,8-11,14,17-18H2,1-7H3,(H,28,32)(H,29,34). The molecule has 0 fully saturated rings. The highest BCUT2D eigenvalue weighted by Gasteiger charge is 2.38. The van der Waals surface area contributed by atoms with Crippen molar-refractivity contribution >= 4 is 17.9 Å². The van der Waals surface area contributed by atoms with E-state index in [2.05, 4.69) is 17.6 Å². The van der Waals surface area contributed by atoms with Crippen LogP contribution >= 0.6 is 0 Å². The first-order valence-electron chi connectivity index (χ1n) is 12.8. The molecule has 1 aromatic rings. The van der Waals surface area contributed by atoms with E-state index in [1.165, 1.54) is 11.0 Å². The van der Waals surface area contributed by atoms with E-state index in [1.54, 1.807) is 39.0 Å². The van der Waals surface area contributed by atoms with Crippen LogP contribution in [-0.2, 0) is 14.3 Å². The molecule has 0 aliphatic heterocycles. The summed E-state index contributed by atoms with van der Waals surface area (Å²) in [5.41, 5.74) is -0.363. The molecule has 2 atom stereocenters. The number of nitrogens with one attached hydrogen (secondary N) is 2. The largest absolute Gasteiger partial charge is 0.508 e. The van der Waals surface area contributed by atoms with Crippen LogP contribution in [0.1, 0.15) is 92.2 Å². The van der Waals surface area contributed by atoms with Crippen molar-refractivity contribution < 1.29 is 24.2 Å². The van der Waals surface area contributed by atoms with Crippen LogP contribution in [-0.4, -0.2) is 52.6 Å². The van der Waals surface area contributed by atoms with E-state index in [0.29, 0.717) is 25.1 Å². The van der Waals surface area contributed by atoms with E-state index < -0.39 is 29.7 Å². The first kappa shape index (κ1) is 30.3. The molecule has 0 radical (unpaired) electrons. The van der Waals surface area contributed by atoms with Gasteiger partial charge in [-0.25, -0.2) is 4.79 Å². The molecule has 0 saturated carbocycles. The maximum atomic E-state index is 13.9. The zero-order valence-electron chi connectivity index (χ0n) is 22.5. The second-order valence-electron chi connectivity index (χ2n) is 10.2. The van der Waals surface area contributed by atoms with E-state index in [4.69, 9.17) is 4.74 Å². The van der Waals surface area contributed by atoms with Crippen LogP contribution in [0, 0.1) is 5.92 Å². The van der Waals surface area contributed by atoms with Crippen LogP contribution in [0.4, 0.5) is 4.79 Å². The zero-order chi connectivity index (χ0) is 26.6. The second-order valence-corrected chi connectivity index (χ2v) is 10.2. The molecule has 0 aliphatic carbocycles. The molecule has 0 heterocycles. The van der Waals surface area contributed by atoms with E-state index in [1.807, 2.05) is 20.8 Å². The Morgan fingerprint density at radius 2 is 1.66 bits per heavy atom. The summed E-state index contributed by atoms with van der Waals surface area (Å²) in [6.07, 6.45) is 3.61. The molecule has 8 heteroatoms. The van der Waals surface area contributed by atoms with Gasteiger partial charge in [-0.1, -0.05) is 65.2 Å². The van der Waals surface area contributed by atoms with Crippen molar-refractivity contribution in [1.82, 2.24) is 15.5 Å². The van der Waals surface area contributed by atoms with Gasteiger partial charge in [-0.3, -0.25) is 9.59 Å². The fourth-order valence-electron chi connectivity index (χ4n) is 3.67. The van der Waals surface area contributed by atoms with Gasteiger partial charge in [0, 0.05) is 18.7 Å². The highest BCUT2D eigenvalue weighted by Crippen LogP contribution is 2.30. The minimum Gasteiger partial charge on any atom is -0.508 e. The number of aromatic hydroxyl groups is 1. The minimum atomic E-state index is -1.03. The van der Waals surface area contributed by atoms with Gasteiger partial charge in [-0.15, -0.1) is 0 Å². The lowest BCUT2D eigenvalue weighted by Gasteiger charge is -2.35. The third kappa shape index (κ3) is 10.2. The number of carbonyl (C=O) groups excluding carboxylic acids is 3. The van der Waals surface area contributed by atoms with Gasteiger partial charge in [0.15, 0.2) is 0 Å². The molecule has 8 nitrogen and oxygen atoms in total. The predicted molar refractivity (Wildman–Crippen MR) is 138 cm³/mol. The number of ether oxygens (including phenoxy) is 1. The summed E-state index contributed by atoms with van der Waals surface area (Å²) in [7, 11) is 0. The molecule has 198 valence electrons. The van der Waals surface area contributed by atoms with Gasteiger partial charge in [0.2, 0.25) is 11.8 Å². The summed E-state index contributed by atoms with van der Waals surface area (Å²) in [6.45, 7) is 13.8. The number of phenols is 1. The van der Waals surface area contributed by atoms with E-state index in [-0.39, 0.29) is 17.6 Å². The average molecular weight is 492 g/mol. The maximum Gasteiger partial charge on any atom is 0.408 e. The SMILES string of the molecule is CCCCCNC(=O)C(c1ccccc1O)N(CCCC)C(=O)C(NC(=O)OC(C)(C)C)C(C)C. The molecule has 1 aromatic carbocycles. The lowest BCUT2D eigenvalue weighted by Crippen LogP contribution is -2.55. The molecular weight excluding hydrogens is 446 g/mol.